The molecule has 0 amide bonds. The molecule has 2 aromatic heterocycles. The predicted octanol–water partition coefficient (Wildman–Crippen LogP) is 3.54. The van der Waals surface area contributed by atoms with E-state index in [1.54, 1.807) is 0 Å². The third-order valence-corrected chi connectivity index (χ3v) is 6.18. The van der Waals surface area contributed by atoms with E-state index >= 15 is 0 Å². The van der Waals surface area contributed by atoms with Crippen LogP contribution in [0.2, 0.25) is 0 Å². The molecule has 0 aromatic carbocycles. The number of nitrogens with zero attached hydrogens (tertiary/aromatic N) is 6. The standard InChI is InChI=1S/C16H6Br4N8/c17-7-1-5-4-10-11(19)24-15(23-10)27-14-12(20)25-16(28-14)26-13-8(18)2-6(22-13)3-9(7)21-5/h1-4,21H,(H,22,23,24,25,26,27,28). The molecule has 138 valence electrons. The molecule has 0 aliphatic carbocycles. The van der Waals surface area contributed by atoms with Gasteiger partial charge in [0.15, 0.2) is 11.7 Å². The van der Waals surface area contributed by atoms with E-state index in [2.05, 4.69) is 104 Å². The molecule has 0 fully saturated rings. The van der Waals surface area contributed by atoms with Gasteiger partial charge in [0, 0.05) is 9.82 Å². The molecule has 0 unspecified atom stereocenters. The van der Waals surface area contributed by atoms with Crippen molar-refractivity contribution in [3.8, 4) is 0 Å². The van der Waals surface area contributed by atoms with Crippen molar-refractivity contribution >= 4 is 115 Å². The van der Waals surface area contributed by atoms with Gasteiger partial charge in [-0.1, -0.05) is 0 Å². The van der Waals surface area contributed by atoms with Gasteiger partial charge >= 0.3 is 0 Å². The third kappa shape index (κ3) is 3.38. The topological polar surface area (TPSA) is 106 Å². The Labute approximate surface area is 190 Å². The Morgan fingerprint density at radius 2 is 1.68 bits per heavy atom. The summed E-state index contributed by atoms with van der Waals surface area (Å²) >= 11 is 13.9. The van der Waals surface area contributed by atoms with Crippen LogP contribution in [-0.2, 0) is 0 Å². The van der Waals surface area contributed by atoms with Crippen LogP contribution in [0.25, 0.3) is 12.2 Å². The third-order valence-electron chi connectivity index (χ3n) is 3.80. The van der Waals surface area contributed by atoms with Gasteiger partial charge in [-0.15, -0.1) is 0 Å². The van der Waals surface area contributed by atoms with Gasteiger partial charge in [-0.25, -0.2) is 15.0 Å². The second kappa shape index (κ2) is 6.94. The number of aromatic amines is 2. The van der Waals surface area contributed by atoms with Gasteiger partial charge < -0.3 is 9.97 Å². The average molecular weight is 630 g/mol. The van der Waals surface area contributed by atoms with Gasteiger partial charge in [-0.05, 0) is 88.0 Å². The van der Waals surface area contributed by atoms with Gasteiger partial charge in [-0.3, -0.25) is 0 Å². The van der Waals surface area contributed by atoms with E-state index in [1.165, 1.54) is 0 Å². The highest BCUT2D eigenvalue weighted by atomic mass is 79.9. The first-order valence-corrected chi connectivity index (χ1v) is 10.9. The van der Waals surface area contributed by atoms with E-state index in [0.29, 0.717) is 32.5 Å². The van der Waals surface area contributed by atoms with Crippen LogP contribution in [0.4, 0.5) is 11.8 Å². The zero-order chi connectivity index (χ0) is 19.4. The lowest BCUT2D eigenvalue weighted by atomic mass is 10.3. The van der Waals surface area contributed by atoms with Crippen molar-refractivity contribution in [1.82, 2.24) is 15.0 Å². The van der Waals surface area contributed by atoms with E-state index in [-0.39, 0.29) is 5.96 Å². The number of aliphatic imine (C=N–C) groups is 5. The number of allylic oxidation sites excluding steroid dienone is 1. The molecule has 3 aliphatic rings. The summed E-state index contributed by atoms with van der Waals surface area (Å²) < 4.78 is 2.83. The van der Waals surface area contributed by atoms with Gasteiger partial charge in [0.05, 0.1) is 15.5 Å². The minimum Gasteiger partial charge on any atom is -0.354 e. The monoisotopic (exact) mass is 626 g/mol. The minimum atomic E-state index is 0.288. The van der Waals surface area contributed by atoms with Gasteiger partial charge in [-0.2, -0.15) is 15.0 Å². The van der Waals surface area contributed by atoms with Crippen molar-refractivity contribution < 1.29 is 0 Å². The number of H-pyrrole nitrogens is 2. The molecule has 8 nitrogen and oxygen atoms in total. The van der Waals surface area contributed by atoms with Gasteiger partial charge in [0.25, 0.3) is 5.96 Å². The smallest absolute Gasteiger partial charge is 0.253 e. The number of aromatic nitrogens is 3. The number of nitrogens with one attached hydrogen (secondary N) is 2. The second-order valence-corrected chi connectivity index (χ2v) is 9.00. The Hall–Kier alpha value is -1.76. The van der Waals surface area contributed by atoms with Crippen LogP contribution in [0.5, 0.6) is 0 Å². The van der Waals surface area contributed by atoms with Crippen LogP contribution in [0.15, 0.2) is 50.7 Å². The first-order chi connectivity index (χ1) is 13.4. The number of hydrogen-bond acceptors (Lipinski definition) is 6. The summed E-state index contributed by atoms with van der Waals surface area (Å²) in [6.07, 6.45) is 5.69. The highest BCUT2D eigenvalue weighted by Gasteiger charge is 2.18. The fraction of sp³-hybridized carbons (Fsp3) is 0. The summed E-state index contributed by atoms with van der Waals surface area (Å²) in [4.78, 5) is 32.9. The molecule has 28 heavy (non-hydrogen) atoms. The molecule has 0 saturated carbocycles. The summed E-state index contributed by atoms with van der Waals surface area (Å²) in [6, 6.07) is 1.96. The molecule has 0 spiro atoms. The van der Waals surface area contributed by atoms with Crippen molar-refractivity contribution in [1.29, 1.82) is 0 Å². The lowest BCUT2D eigenvalue weighted by Crippen LogP contribution is -2.14. The largest absolute Gasteiger partial charge is 0.354 e. The normalized spacial score (nSPS) is 17.7. The summed E-state index contributed by atoms with van der Waals surface area (Å²) in [5, 5.41) is 1.73. The minimum absolute atomic E-state index is 0.288. The second-order valence-electron chi connectivity index (χ2n) is 5.75. The lowest BCUT2D eigenvalue weighted by molar-refractivity contribution is 1.22. The van der Waals surface area contributed by atoms with Crippen molar-refractivity contribution in [2.45, 2.75) is 0 Å². The molecule has 0 radical (unpaired) electrons. The molecule has 2 N–H and O–H groups in total. The molecule has 3 aliphatic heterocycles. The molecular formula is C16H6Br4N8. The summed E-state index contributed by atoms with van der Waals surface area (Å²) in [5.74, 6) is 1.56. The maximum Gasteiger partial charge on any atom is 0.253 e. The maximum absolute atomic E-state index is 4.54. The van der Waals surface area contributed by atoms with Crippen LogP contribution >= 0.6 is 63.7 Å². The van der Waals surface area contributed by atoms with E-state index < -0.39 is 0 Å². The molecule has 5 rings (SSSR count). The van der Waals surface area contributed by atoms with E-state index in [0.717, 1.165) is 25.4 Å². The van der Waals surface area contributed by atoms with Crippen LogP contribution < -0.4 is 10.7 Å². The van der Waals surface area contributed by atoms with E-state index in [4.69, 9.17) is 0 Å². The molecule has 0 saturated heterocycles. The summed E-state index contributed by atoms with van der Waals surface area (Å²) in [7, 11) is 0. The Kier molecular flexibility index (Phi) is 4.53. The number of guanidine groups is 1. The zero-order valence-electron chi connectivity index (χ0n) is 13.5. The predicted molar refractivity (Wildman–Crippen MR) is 125 cm³/mol. The average Bonchev–Trinajstić information content (AvgIpc) is 3.33. The quantitative estimate of drug-likeness (QED) is 0.457. The highest BCUT2D eigenvalue weighted by Crippen LogP contribution is 2.28. The van der Waals surface area contributed by atoms with E-state index in [1.807, 2.05) is 24.3 Å². The van der Waals surface area contributed by atoms with E-state index in [9.17, 15) is 0 Å². The fourth-order valence-corrected chi connectivity index (χ4v) is 4.21. The number of rotatable bonds is 0. The molecular weight excluding hydrogens is 624 g/mol. The number of fused-ring (bicyclic) bond motifs is 6. The highest BCUT2D eigenvalue weighted by molar-refractivity contribution is 9.19. The number of hydrogen-bond donors (Lipinski definition) is 2. The molecule has 2 aromatic rings. The van der Waals surface area contributed by atoms with Crippen molar-refractivity contribution in [2.24, 2.45) is 25.0 Å². The van der Waals surface area contributed by atoms with Crippen molar-refractivity contribution in [3.63, 3.8) is 0 Å². The van der Waals surface area contributed by atoms with Crippen LogP contribution in [-0.4, -0.2) is 42.8 Å². The Morgan fingerprint density at radius 3 is 2.54 bits per heavy atom. The molecule has 8 bridgehead atoms. The van der Waals surface area contributed by atoms with Crippen LogP contribution in [0.1, 0.15) is 0 Å². The molecule has 0 atom stereocenters. The lowest BCUT2D eigenvalue weighted by Gasteiger charge is -1.91. The van der Waals surface area contributed by atoms with Gasteiger partial charge in [0.1, 0.15) is 14.9 Å². The first-order valence-electron chi connectivity index (χ1n) is 7.75. The van der Waals surface area contributed by atoms with Crippen LogP contribution in [0, 0.1) is 0 Å². The SMILES string of the molecule is BrC1=CC2=NC1=Nc1nc(c(Br)[nH]1)N=C1N=C(Br)C(=N1)C=c1cc(Br)c([nH]1)=C2. The summed E-state index contributed by atoms with van der Waals surface area (Å²) in [5.41, 5.74) is 1.40. The Bertz CT molecular complexity index is 1350. The van der Waals surface area contributed by atoms with Crippen LogP contribution in [0.3, 0.4) is 0 Å². The van der Waals surface area contributed by atoms with Gasteiger partial charge in [0.2, 0.25) is 5.95 Å². The number of amidine groups is 1. The summed E-state index contributed by atoms with van der Waals surface area (Å²) in [6.45, 7) is 0. The number of halogens is 4. The first kappa shape index (κ1) is 18.3. The fourth-order valence-electron chi connectivity index (χ4n) is 2.62. The maximum atomic E-state index is 4.54. The van der Waals surface area contributed by atoms with Crippen molar-refractivity contribution in [2.75, 3.05) is 0 Å². The Morgan fingerprint density at radius 1 is 0.821 bits per heavy atom. The number of imidazole rings is 1. The van der Waals surface area contributed by atoms with Crippen molar-refractivity contribution in [3.05, 3.63) is 36.4 Å². The zero-order valence-corrected chi connectivity index (χ0v) is 19.8. The Balaban J connectivity index is 1.78. The molecule has 5 heterocycles. The molecule has 12 heteroatoms.